The third-order valence-electron chi connectivity index (χ3n) is 8.52. The van der Waals surface area contributed by atoms with Crippen LogP contribution in [0, 0.1) is 0 Å². The normalized spacial score (nSPS) is 13.3. The number of aliphatic hydroxyl groups is 3. The zero-order chi connectivity index (χ0) is 31.6. The van der Waals surface area contributed by atoms with Gasteiger partial charge in [0.05, 0.1) is 18.8 Å². The number of nitrogens with zero attached hydrogens (tertiary/aromatic N) is 1. The number of amides is 1. The third kappa shape index (κ3) is 29.3. The molecule has 0 aromatic carbocycles. The summed E-state index contributed by atoms with van der Waals surface area (Å²) in [4.78, 5) is 14.2. The molecule has 0 aliphatic heterocycles. The van der Waals surface area contributed by atoms with Crippen LogP contribution in [0.25, 0.3) is 0 Å². The second kappa shape index (κ2) is 33.7. The number of allylic oxidation sites excluding steroid dienone is 4. The Kier molecular flexibility index (Phi) is 32.8. The van der Waals surface area contributed by atoms with E-state index in [1.54, 1.807) is 0 Å². The highest BCUT2D eigenvalue weighted by atomic mass is 16.3. The first-order valence-corrected chi connectivity index (χ1v) is 18.6. The van der Waals surface area contributed by atoms with E-state index in [1.165, 1.54) is 114 Å². The van der Waals surface area contributed by atoms with Crippen LogP contribution in [-0.2, 0) is 4.79 Å². The molecule has 0 aliphatic carbocycles. The van der Waals surface area contributed by atoms with Crippen LogP contribution in [0.4, 0.5) is 0 Å². The molecule has 0 spiro atoms. The van der Waals surface area contributed by atoms with Crippen molar-refractivity contribution in [1.29, 1.82) is 0 Å². The fourth-order valence-electron chi connectivity index (χ4n) is 5.60. The number of hydrogen-bond acceptors (Lipinski definition) is 4. The number of carbonyl (C=O) groups excluding carboxylic acids is 1. The van der Waals surface area contributed by atoms with E-state index < -0.39 is 12.2 Å². The van der Waals surface area contributed by atoms with Gasteiger partial charge in [0.2, 0.25) is 5.91 Å². The molecule has 1 amide bonds. The predicted octanol–water partition coefficient (Wildman–Crippen LogP) is 9.82. The van der Waals surface area contributed by atoms with Gasteiger partial charge in [0, 0.05) is 19.5 Å². The molecule has 0 radical (unpaired) electrons. The van der Waals surface area contributed by atoms with E-state index in [0.717, 1.165) is 44.9 Å². The van der Waals surface area contributed by atoms with Crippen molar-refractivity contribution in [2.24, 2.45) is 0 Å². The molecule has 0 aliphatic rings. The lowest BCUT2D eigenvalue weighted by molar-refractivity contribution is -0.134. The maximum atomic E-state index is 12.7. The predicted molar refractivity (Wildman–Crippen MR) is 185 cm³/mol. The molecule has 3 N–H and O–H groups in total. The van der Waals surface area contributed by atoms with E-state index >= 15 is 0 Å². The largest absolute Gasteiger partial charge is 0.395 e. The van der Waals surface area contributed by atoms with E-state index in [4.69, 9.17) is 0 Å². The second-order valence-electron chi connectivity index (χ2n) is 12.7. The van der Waals surface area contributed by atoms with Gasteiger partial charge in [0.25, 0.3) is 0 Å². The van der Waals surface area contributed by atoms with Crippen LogP contribution >= 0.6 is 0 Å². The highest BCUT2D eigenvalue weighted by Crippen LogP contribution is 2.15. The Morgan fingerprint density at radius 2 is 1.02 bits per heavy atom. The second-order valence-corrected chi connectivity index (χ2v) is 12.7. The molecule has 5 nitrogen and oxygen atoms in total. The molecule has 2 unspecified atom stereocenters. The Labute approximate surface area is 267 Å². The summed E-state index contributed by atoms with van der Waals surface area (Å²) in [5.41, 5.74) is 0. The lowest BCUT2D eigenvalue weighted by atomic mass is 10.0. The molecule has 43 heavy (non-hydrogen) atoms. The zero-order valence-electron chi connectivity index (χ0n) is 28.7. The van der Waals surface area contributed by atoms with Crippen LogP contribution in [0.15, 0.2) is 24.3 Å². The summed E-state index contributed by atoms with van der Waals surface area (Å²) < 4.78 is 0. The first-order chi connectivity index (χ1) is 21.1. The van der Waals surface area contributed by atoms with Crippen molar-refractivity contribution >= 4 is 5.91 Å². The van der Waals surface area contributed by atoms with Crippen molar-refractivity contribution in [1.82, 2.24) is 4.90 Å². The minimum Gasteiger partial charge on any atom is -0.395 e. The monoisotopic (exact) mass is 608 g/mol. The lowest BCUT2D eigenvalue weighted by Crippen LogP contribution is -2.43. The fraction of sp³-hybridized carbons (Fsp3) is 0.868. The SMILES string of the molecule is CCCCC/C=C\C/C=C\CCCCCCCC(=O)N(CCO)CC(O)C(O)CCCCCCCCCCCCCCC. The van der Waals surface area contributed by atoms with Gasteiger partial charge in [-0.05, 0) is 44.9 Å². The summed E-state index contributed by atoms with van der Waals surface area (Å²) in [7, 11) is 0. The molecule has 0 saturated heterocycles. The molecule has 0 fully saturated rings. The van der Waals surface area contributed by atoms with Crippen molar-refractivity contribution in [3.8, 4) is 0 Å². The molecule has 0 aromatic heterocycles. The Hall–Kier alpha value is -1.17. The highest BCUT2D eigenvalue weighted by molar-refractivity contribution is 5.76. The first-order valence-electron chi connectivity index (χ1n) is 18.6. The summed E-state index contributed by atoms with van der Waals surface area (Å²) in [6.07, 6.45) is 37.5. The average Bonchev–Trinajstić information content (AvgIpc) is 3.00. The highest BCUT2D eigenvalue weighted by Gasteiger charge is 2.22. The van der Waals surface area contributed by atoms with E-state index in [9.17, 15) is 20.1 Å². The van der Waals surface area contributed by atoms with Crippen molar-refractivity contribution in [3.05, 3.63) is 24.3 Å². The van der Waals surface area contributed by atoms with Gasteiger partial charge >= 0.3 is 0 Å². The van der Waals surface area contributed by atoms with Crippen LogP contribution in [0.5, 0.6) is 0 Å². The summed E-state index contributed by atoms with van der Waals surface area (Å²) >= 11 is 0. The molecule has 0 heterocycles. The summed E-state index contributed by atoms with van der Waals surface area (Å²) in [5.74, 6) is -0.0352. The van der Waals surface area contributed by atoms with Crippen LogP contribution in [-0.4, -0.2) is 58.0 Å². The Morgan fingerprint density at radius 1 is 0.581 bits per heavy atom. The van der Waals surface area contributed by atoms with Gasteiger partial charge < -0.3 is 20.2 Å². The number of hydrogen-bond donors (Lipinski definition) is 3. The smallest absolute Gasteiger partial charge is 0.222 e. The number of aliphatic hydroxyl groups excluding tert-OH is 3. The van der Waals surface area contributed by atoms with E-state index in [-0.39, 0.29) is 25.6 Å². The maximum Gasteiger partial charge on any atom is 0.222 e. The Balaban J connectivity index is 3.84. The maximum absolute atomic E-state index is 12.7. The third-order valence-corrected chi connectivity index (χ3v) is 8.52. The van der Waals surface area contributed by atoms with Gasteiger partial charge in [-0.1, -0.05) is 154 Å². The van der Waals surface area contributed by atoms with Crippen LogP contribution < -0.4 is 0 Å². The van der Waals surface area contributed by atoms with Gasteiger partial charge in [-0.15, -0.1) is 0 Å². The average molecular weight is 608 g/mol. The Bertz CT molecular complexity index is 635. The topological polar surface area (TPSA) is 81.0 Å². The number of carbonyl (C=O) groups is 1. The van der Waals surface area contributed by atoms with Gasteiger partial charge in [-0.2, -0.15) is 0 Å². The molecule has 0 bridgehead atoms. The summed E-state index contributed by atoms with van der Waals surface area (Å²) in [6.45, 7) is 4.68. The first kappa shape index (κ1) is 41.8. The molecule has 0 rings (SSSR count). The molecule has 5 heteroatoms. The summed E-state index contributed by atoms with van der Waals surface area (Å²) in [6, 6.07) is 0. The number of rotatable bonds is 33. The zero-order valence-corrected chi connectivity index (χ0v) is 28.7. The van der Waals surface area contributed by atoms with Crippen LogP contribution in [0.2, 0.25) is 0 Å². The summed E-state index contributed by atoms with van der Waals surface area (Å²) in [5, 5.41) is 30.4. The van der Waals surface area contributed by atoms with Crippen molar-refractivity contribution in [2.45, 2.75) is 193 Å². The minimum absolute atomic E-state index is 0.0352. The molecular weight excluding hydrogens is 534 g/mol. The van der Waals surface area contributed by atoms with Gasteiger partial charge in [-0.3, -0.25) is 4.79 Å². The lowest BCUT2D eigenvalue weighted by Gasteiger charge is -2.27. The molecular formula is C38H73NO4. The molecule has 0 aromatic rings. The van der Waals surface area contributed by atoms with Crippen molar-refractivity contribution in [2.75, 3.05) is 19.7 Å². The molecule has 254 valence electrons. The standard InChI is InChI=1S/C38H73NO4/c1-3-5-7-9-11-13-15-17-18-20-22-24-26-28-30-32-38(43)39(33-34-40)35-37(42)36(41)31-29-27-25-23-21-19-16-14-12-10-8-6-4-2/h11,13,17-18,36-37,40-42H,3-10,12,14-16,19-35H2,1-2H3/b13-11-,18-17-. The molecule has 0 saturated carbocycles. The van der Waals surface area contributed by atoms with Gasteiger partial charge in [0.1, 0.15) is 0 Å². The van der Waals surface area contributed by atoms with Gasteiger partial charge in [-0.25, -0.2) is 0 Å². The minimum atomic E-state index is -0.961. The van der Waals surface area contributed by atoms with Gasteiger partial charge in [0.15, 0.2) is 0 Å². The van der Waals surface area contributed by atoms with E-state index in [2.05, 4.69) is 38.2 Å². The van der Waals surface area contributed by atoms with E-state index in [1.807, 2.05) is 0 Å². The quantitative estimate of drug-likeness (QED) is 0.0512. The van der Waals surface area contributed by atoms with E-state index in [0.29, 0.717) is 12.8 Å². The number of unbranched alkanes of at least 4 members (excludes halogenated alkanes) is 20. The van der Waals surface area contributed by atoms with Crippen LogP contribution in [0.1, 0.15) is 181 Å². The molecule has 2 atom stereocenters. The van der Waals surface area contributed by atoms with Crippen molar-refractivity contribution in [3.63, 3.8) is 0 Å². The van der Waals surface area contributed by atoms with Crippen LogP contribution in [0.3, 0.4) is 0 Å². The fourth-order valence-corrected chi connectivity index (χ4v) is 5.60. The van der Waals surface area contributed by atoms with Crippen molar-refractivity contribution < 1.29 is 20.1 Å². The Morgan fingerprint density at radius 3 is 1.56 bits per heavy atom.